The van der Waals surface area contributed by atoms with Crippen molar-refractivity contribution < 1.29 is 5.11 Å². The fourth-order valence-corrected chi connectivity index (χ4v) is 1.29. The van der Waals surface area contributed by atoms with E-state index in [9.17, 15) is 5.11 Å². The van der Waals surface area contributed by atoms with Crippen LogP contribution in [0.3, 0.4) is 0 Å². The number of rotatable bonds is 4. The second-order valence-electron chi connectivity index (χ2n) is 2.42. The van der Waals surface area contributed by atoms with Crippen LogP contribution in [0.25, 0.3) is 0 Å². The Kier molecular flexibility index (Phi) is 4.32. The molecule has 0 bridgehead atoms. The maximum absolute atomic E-state index is 10.2. The van der Waals surface area contributed by atoms with Crippen LogP contribution in [0.15, 0.2) is 0 Å². The van der Waals surface area contributed by atoms with Gasteiger partial charge in [0.1, 0.15) is 5.94 Å². The van der Waals surface area contributed by atoms with Gasteiger partial charge in [-0.2, -0.15) is 0 Å². The van der Waals surface area contributed by atoms with Gasteiger partial charge >= 0.3 is 0 Å². The van der Waals surface area contributed by atoms with Crippen LogP contribution in [0.5, 0.6) is 0 Å². The van der Waals surface area contributed by atoms with Crippen molar-refractivity contribution in [3.8, 4) is 0 Å². The molecular weight excluding hydrogens is 132 g/mol. The van der Waals surface area contributed by atoms with E-state index in [1.54, 1.807) is 0 Å². The van der Waals surface area contributed by atoms with E-state index < -0.39 is 0 Å². The quantitative estimate of drug-likeness (QED) is 0.560. The van der Waals surface area contributed by atoms with Crippen molar-refractivity contribution in [1.29, 1.82) is 0 Å². The Morgan fingerprint density at radius 2 is 1.78 bits per heavy atom. The first-order chi connectivity index (χ1) is 4.18. The SMILES string of the molecule is CCC(C)(CC)SC[O]. The molecule has 0 atom stereocenters. The lowest BCUT2D eigenvalue weighted by molar-refractivity contribution is 0.258. The number of thioether (sulfide) groups is 1. The van der Waals surface area contributed by atoms with Crippen LogP contribution in [0.1, 0.15) is 33.6 Å². The van der Waals surface area contributed by atoms with Crippen LogP contribution < -0.4 is 0 Å². The second-order valence-corrected chi connectivity index (χ2v) is 3.93. The molecule has 0 heterocycles. The van der Waals surface area contributed by atoms with Gasteiger partial charge < -0.3 is 0 Å². The molecule has 0 unspecified atom stereocenters. The average Bonchev–Trinajstić information content (AvgIpc) is 1.89. The van der Waals surface area contributed by atoms with E-state index in [-0.39, 0.29) is 10.7 Å². The molecule has 0 amide bonds. The summed E-state index contributed by atoms with van der Waals surface area (Å²) in [6.07, 6.45) is 2.19. The van der Waals surface area contributed by atoms with Gasteiger partial charge in [0.2, 0.25) is 0 Å². The molecule has 0 spiro atoms. The standard InChI is InChI=1S/C7H15OS/c1-4-7(3,5-2)9-6-8/h4-6H2,1-3H3. The van der Waals surface area contributed by atoms with Crippen LogP contribution in [-0.2, 0) is 5.11 Å². The molecule has 0 aliphatic heterocycles. The van der Waals surface area contributed by atoms with E-state index in [4.69, 9.17) is 0 Å². The molecule has 2 heteroatoms. The highest BCUT2D eigenvalue weighted by Gasteiger charge is 2.18. The zero-order chi connectivity index (χ0) is 7.33. The van der Waals surface area contributed by atoms with Gasteiger partial charge in [0.15, 0.2) is 0 Å². The summed E-state index contributed by atoms with van der Waals surface area (Å²) in [5, 5.41) is 10.2. The molecule has 9 heavy (non-hydrogen) atoms. The van der Waals surface area contributed by atoms with Crippen molar-refractivity contribution in [2.45, 2.75) is 38.4 Å². The fraction of sp³-hybridized carbons (Fsp3) is 1.00. The lowest BCUT2D eigenvalue weighted by atomic mass is 10.1. The predicted octanol–water partition coefficient (Wildman–Crippen LogP) is 2.69. The molecule has 1 nitrogen and oxygen atoms in total. The van der Waals surface area contributed by atoms with Crippen molar-refractivity contribution in [3.63, 3.8) is 0 Å². The zero-order valence-electron chi connectivity index (χ0n) is 6.44. The molecule has 0 N–H and O–H groups in total. The highest BCUT2D eigenvalue weighted by atomic mass is 32.2. The highest BCUT2D eigenvalue weighted by molar-refractivity contribution is 8.00. The van der Waals surface area contributed by atoms with Gasteiger partial charge in [-0.05, 0) is 12.8 Å². The molecule has 1 radical (unpaired) electrons. The van der Waals surface area contributed by atoms with Crippen LogP contribution in [-0.4, -0.2) is 10.7 Å². The van der Waals surface area contributed by atoms with E-state index in [0.29, 0.717) is 0 Å². The molecule has 0 aromatic rings. The monoisotopic (exact) mass is 147 g/mol. The Bertz CT molecular complexity index is 69.3. The molecule has 0 aliphatic rings. The van der Waals surface area contributed by atoms with Gasteiger partial charge in [-0.1, -0.05) is 20.8 Å². The molecule has 0 rings (SSSR count). The maximum Gasteiger partial charge on any atom is 0.128 e. The first-order valence-electron chi connectivity index (χ1n) is 3.40. The lowest BCUT2D eigenvalue weighted by Gasteiger charge is -2.23. The summed E-state index contributed by atoms with van der Waals surface area (Å²) in [5.41, 5.74) is 0. The Morgan fingerprint density at radius 3 is 1.89 bits per heavy atom. The number of hydrogen-bond donors (Lipinski definition) is 0. The first kappa shape index (κ1) is 9.31. The van der Waals surface area contributed by atoms with E-state index in [1.807, 2.05) is 0 Å². The summed E-state index contributed by atoms with van der Waals surface area (Å²) in [5.74, 6) is -0.00181. The average molecular weight is 147 g/mol. The van der Waals surface area contributed by atoms with Gasteiger partial charge in [0.05, 0.1) is 0 Å². The minimum Gasteiger partial charge on any atom is -0.225 e. The normalized spacial score (nSPS) is 12.0. The number of hydrogen-bond acceptors (Lipinski definition) is 1. The zero-order valence-corrected chi connectivity index (χ0v) is 7.25. The van der Waals surface area contributed by atoms with Gasteiger partial charge in [0, 0.05) is 4.75 Å². The molecule has 55 valence electrons. The summed E-state index contributed by atoms with van der Waals surface area (Å²) in [4.78, 5) is 0. The summed E-state index contributed by atoms with van der Waals surface area (Å²) in [7, 11) is 0. The largest absolute Gasteiger partial charge is 0.225 e. The van der Waals surface area contributed by atoms with E-state index >= 15 is 0 Å². The van der Waals surface area contributed by atoms with Crippen molar-refractivity contribution in [2.75, 3.05) is 5.94 Å². The Hall–Kier alpha value is 0.310. The predicted molar refractivity (Wildman–Crippen MR) is 42.1 cm³/mol. The highest BCUT2D eigenvalue weighted by Crippen LogP contribution is 2.30. The van der Waals surface area contributed by atoms with Crippen LogP contribution in [0, 0.1) is 0 Å². The molecular formula is C7H15OS. The van der Waals surface area contributed by atoms with E-state index in [0.717, 1.165) is 12.8 Å². The molecule has 0 saturated carbocycles. The van der Waals surface area contributed by atoms with Gasteiger partial charge in [-0.15, -0.1) is 11.8 Å². The summed E-state index contributed by atoms with van der Waals surface area (Å²) >= 11 is 1.52. The van der Waals surface area contributed by atoms with Crippen molar-refractivity contribution >= 4 is 11.8 Å². The third-order valence-electron chi connectivity index (χ3n) is 1.90. The Balaban J connectivity index is 3.62. The van der Waals surface area contributed by atoms with Crippen molar-refractivity contribution in [2.24, 2.45) is 0 Å². The summed E-state index contributed by atoms with van der Waals surface area (Å²) in [6, 6.07) is 0. The summed E-state index contributed by atoms with van der Waals surface area (Å²) < 4.78 is 0.238. The molecule has 0 aromatic carbocycles. The Morgan fingerprint density at radius 1 is 1.33 bits per heavy atom. The minimum atomic E-state index is -0.00181. The fourth-order valence-electron chi connectivity index (χ4n) is 0.596. The molecule has 0 aliphatic carbocycles. The lowest BCUT2D eigenvalue weighted by Crippen LogP contribution is -2.17. The third-order valence-corrected chi connectivity index (χ3v) is 3.30. The van der Waals surface area contributed by atoms with Gasteiger partial charge in [-0.3, -0.25) is 0 Å². The van der Waals surface area contributed by atoms with Crippen LogP contribution >= 0.6 is 11.8 Å². The van der Waals surface area contributed by atoms with Crippen LogP contribution in [0.2, 0.25) is 0 Å². The van der Waals surface area contributed by atoms with Crippen molar-refractivity contribution in [3.05, 3.63) is 0 Å². The van der Waals surface area contributed by atoms with E-state index in [1.165, 1.54) is 11.8 Å². The third kappa shape index (κ3) is 3.11. The maximum atomic E-state index is 10.2. The van der Waals surface area contributed by atoms with Crippen molar-refractivity contribution in [1.82, 2.24) is 0 Å². The van der Waals surface area contributed by atoms with Crippen LogP contribution in [0.4, 0.5) is 0 Å². The Labute approximate surface area is 61.8 Å². The smallest absolute Gasteiger partial charge is 0.128 e. The first-order valence-corrected chi connectivity index (χ1v) is 4.39. The second kappa shape index (κ2) is 4.18. The molecule has 0 aromatic heterocycles. The molecule has 0 saturated heterocycles. The van der Waals surface area contributed by atoms with Gasteiger partial charge in [-0.25, -0.2) is 5.11 Å². The van der Waals surface area contributed by atoms with E-state index in [2.05, 4.69) is 20.8 Å². The summed E-state index contributed by atoms with van der Waals surface area (Å²) in [6.45, 7) is 6.41. The topological polar surface area (TPSA) is 19.9 Å². The molecule has 0 fully saturated rings. The minimum absolute atomic E-state index is 0.00181. The van der Waals surface area contributed by atoms with Gasteiger partial charge in [0.25, 0.3) is 0 Å².